The number of ether oxygens (including phenoxy) is 1. The molecule has 8 heteroatoms. The van der Waals surface area contributed by atoms with Crippen LogP contribution in [-0.4, -0.2) is 40.2 Å². The molecule has 148 valence electrons. The Morgan fingerprint density at radius 1 is 1.32 bits per heavy atom. The van der Waals surface area contributed by atoms with Crippen molar-refractivity contribution in [3.05, 3.63) is 42.4 Å². The van der Waals surface area contributed by atoms with Gasteiger partial charge in [0.1, 0.15) is 0 Å². The van der Waals surface area contributed by atoms with E-state index in [0.717, 1.165) is 16.6 Å². The fourth-order valence-corrected chi connectivity index (χ4v) is 2.81. The summed E-state index contributed by atoms with van der Waals surface area (Å²) >= 11 is 0. The van der Waals surface area contributed by atoms with Gasteiger partial charge in [-0.2, -0.15) is 5.10 Å². The minimum Gasteiger partial charge on any atom is -0.481 e. The monoisotopic (exact) mass is 382 g/mol. The molecule has 8 nitrogen and oxygen atoms in total. The summed E-state index contributed by atoms with van der Waals surface area (Å²) in [4.78, 5) is 16.2. The molecular weight excluding hydrogens is 356 g/mol. The van der Waals surface area contributed by atoms with Crippen LogP contribution in [0.5, 0.6) is 5.88 Å². The van der Waals surface area contributed by atoms with Gasteiger partial charge in [0.25, 0.3) is 5.91 Å². The van der Waals surface area contributed by atoms with Gasteiger partial charge in [0, 0.05) is 35.6 Å². The van der Waals surface area contributed by atoms with Crippen LogP contribution in [-0.2, 0) is 0 Å². The Morgan fingerprint density at radius 3 is 2.64 bits per heavy atom. The number of hydrogen-bond acceptors (Lipinski definition) is 6. The number of primary amides is 1. The number of carbonyl (C=O) groups is 1. The first kappa shape index (κ1) is 19.6. The van der Waals surface area contributed by atoms with Gasteiger partial charge in [-0.05, 0) is 31.0 Å². The fourth-order valence-electron chi connectivity index (χ4n) is 2.81. The number of nitrogens with two attached hydrogens (primary N) is 2. The standard InChI is InChI=1S/C20H26N6O2/c1-12(20(2,3)11-21)25-18-15(19(22)27)9-24-26-10-14(7-16(18)26)13-5-6-17(28-4)23-8-13/h5-10,12,25H,11,21H2,1-4H3,(H2,22,27). The molecule has 3 aromatic heterocycles. The molecule has 0 aromatic carbocycles. The number of nitrogens with zero attached hydrogens (tertiary/aromatic N) is 3. The Balaban J connectivity index is 2.10. The van der Waals surface area contributed by atoms with Gasteiger partial charge in [-0.25, -0.2) is 9.50 Å². The summed E-state index contributed by atoms with van der Waals surface area (Å²) in [5.41, 5.74) is 14.9. The molecular formula is C20H26N6O2. The minimum atomic E-state index is -0.538. The van der Waals surface area contributed by atoms with Crippen LogP contribution in [0.1, 0.15) is 31.1 Å². The summed E-state index contributed by atoms with van der Waals surface area (Å²) in [6, 6.07) is 5.67. The zero-order chi connectivity index (χ0) is 20.5. The van der Waals surface area contributed by atoms with Crippen molar-refractivity contribution in [1.82, 2.24) is 14.6 Å². The quantitative estimate of drug-likeness (QED) is 0.576. The molecule has 0 bridgehead atoms. The lowest BCUT2D eigenvalue weighted by atomic mass is 9.85. The number of amides is 1. The van der Waals surface area contributed by atoms with Crippen LogP contribution in [0, 0.1) is 5.41 Å². The molecule has 1 unspecified atom stereocenters. The summed E-state index contributed by atoms with van der Waals surface area (Å²) in [5, 5.41) is 7.77. The van der Waals surface area contributed by atoms with Gasteiger partial charge in [-0.3, -0.25) is 4.79 Å². The first-order valence-corrected chi connectivity index (χ1v) is 9.05. The van der Waals surface area contributed by atoms with Gasteiger partial charge in [0.15, 0.2) is 0 Å². The van der Waals surface area contributed by atoms with E-state index in [9.17, 15) is 4.79 Å². The average Bonchev–Trinajstić information content (AvgIpc) is 3.12. The van der Waals surface area contributed by atoms with E-state index in [1.165, 1.54) is 6.20 Å². The largest absolute Gasteiger partial charge is 0.481 e. The molecule has 3 heterocycles. The normalized spacial score (nSPS) is 12.8. The number of methoxy groups -OCH3 is 1. The Morgan fingerprint density at radius 2 is 2.07 bits per heavy atom. The van der Waals surface area contributed by atoms with Gasteiger partial charge < -0.3 is 21.5 Å². The maximum absolute atomic E-state index is 12.0. The highest BCUT2D eigenvalue weighted by Crippen LogP contribution is 2.31. The van der Waals surface area contributed by atoms with Gasteiger partial charge in [0.2, 0.25) is 5.88 Å². The van der Waals surface area contributed by atoms with Crippen molar-refractivity contribution in [3.63, 3.8) is 0 Å². The first-order chi connectivity index (χ1) is 13.3. The van der Waals surface area contributed by atoms with E-state index in [0.29, 0.717) is 23.7 Å². The minimum absolute atomic E-state index is 0.00260. The van der Waals surface area contributed by atoms with Crippen LogP contribution in [0.2, 0.25) is 0 Å². The summed E-state index contributed by atoms with van der Waals surface area (Å²) in [6.07, 6.45) is 5.10. The second kappa shape index (κ2) is 7.47. The number of pyridine rings is 1. The van der Waals surface area contributed by atoms with Crippen LogP contribution < -0.4 is 21.5 Å². The first-order valence-electron chi connectivity index (χ1n) is 9.05. The fraction of sp³-hybridized carbons (Fsp3) is 0.350. The van der Waals surface area contributed by atoms with E-state index in [4.69, 9.17) is 16.2 Å². The van der Waals surface area contributed by atoms with Crippen LogP contribution in [0.25, 0.3) is 16.6 Å². The van der Waals surface area contributed by atoms with Gasteiger partial charge >= 0.3 is 0 Å². The smallest absolute Gasteiger partial charge is 0.252 e. The predicted octanol–water partition coefficient (Wildman–Crippen LogP) is 2.29. The molecule has 0 fully saturated rings. The van der Waals surface area contributed by atoms with E-state index >= 15 is 0 Å². The van der Waals surface area contributed by atoms with Crippen molar-refractivity contribution in [3.8, 4) is 17.0 Å². The number of hydrogen-bond donors (Lipinski definition) is 3. The molecule has 3 rings (SSSR count). The lowest BCUT2D eigenvalue weighted by molar-refractivity contribution is 0.100. The molecule has 5 N–H and O–H groups in total. The topological polar surface area (TPSA) is 121 Å². The van der Waals surface area contributed by atoms with Crippen molar-refractivity contribution in [2.75, 3.05) is 19.0 Å². The Labute approximate surface area is 163 Å². The third-order valence-corrected chi connectivity index (χ3v) is 5.24. The van der Waals surface area contributed by atoms with Crippen molar-refractivity contribution < 1.29 is 9.53 Å². The van der Waals surface area contributed by atoms with Crippen molar-refractivity contribution in [1.29, 1.82) is 0 Å². The zero-order valence-corrected chi connectivity index (χ0v) is 16.6. The molecule has 0 radical (unpaired) electrons. The molecule has 28 heavy (non-hydrogen) atoms. The van der Waals surface area contributed by atoms with Crippen LogP contribution in [0.15, 0.2) is 36.8 Å². The number of rotatable bonds is 7. The molecule has 0 aliphatic rings. The molecule has 0 spiro atoms. The molecule has 0 aliphatic carbocycles. The number of anilines is 1. The van der Waals surface area contributed by atoms with Gasteiger partial charge in [-0.15, -0.1) is 0 Å². The summed E-state index contributed by atoms with van der Waals surface area (Å²) in [6.45, 7) is 6.67. The van der Waals surface area contributed by atoms with E-state index in [2.05, 4.69) is 29.2 Å². The number of nitrogens with one attached hydrogen (secondary N) is 1. The second-order valence-electron chi connectivity index (χ2n) is 7.50. The number of fused-ring (bicyclic) bond motifs is 1. The van der Waals surface area contributed by atoms with Crippen LogP contribution >= 0.6 is 0 Å². The third-order valence-electron chi connectivity index (χ3n) is 5.24. The molecule has 0 saturated carbocycles. The van der Waals surface area contributed by atoms with Crippen molar-refractivity contribution in [2.24, 2.45) is 16.9 Å². The highest BCUT2D eigenvalue weighted by atomic mass is 16.5. The van der Waals surface area contributed by atoms with Crippen molar-refractivity contribution in [2.45, 2.75) is 26.8 Å². The molecule has 1 amide bonds. The van der Waals surface area contributed by atoms with E-state index < -0.39 is 5.91 Å². The van der Waals surface area contributed by atoms with Crippen molar-refractivity contribution >= 4 is 17.1 Å². The van der Waals surface area contributed by atoms with Gasteiger partial charge in [-0.1, -0.05) is 13.8 Å². The summed E-state index contributed by atoms with van der Waals surface area (Å²) < 4.78 is 6.83. The second-order valence-corrected chi connectivity index (χ2v) is 7.50. The highest BCUT2D eigenvalue weighted by Gasteiger charge is 2.26. The Hall–Kier alpha value is -3.13. The van der Waals surface area contributed by atoms with E-state index in [1.807, 2.05) is 25.3 Å². The predicted molar refractivity (Wildman–Crippen MR) is 109 cm³/mol. The molecule has 1 atom stereocenters. The molecule has 0 saturated heterocycles. The molecule has 0 aliphatic heterocycles. The van der Waals surface area contributed by atoms with E-state index in [-0.39, 0.29) is 11.5 Å². The van der Waals surface area contributed by atoms with Crippen LogP contribution in [0.3, 0.4) is 0 Å². The SMILES string of the molecule is COc1ccc(-c2cc3c(NC(C)C(C)(C)CN)c(C(N)=O)cnn3c2)cn1. The lowest BCUT2D eigenvalue weighted by Crippen LogP contribution is -2.40. The Kier molecular flexibility index (Phi) is 5.24. The number of carbonyl (C=O) groups excluding carboxylic acids is 1. The summed E-state index contributed by atoms with van der Waals surface area (Å²) in [5.74, 6) is 0.00553. The zero-order valence-electron chi connectivity index (χ0n) is 16.6. The number of aromatic nitrogens is 3. The molecule has 3 aromatic rings. The van der Waals surface area contributed by atoms with Gasteiger partial charge in [0.05, 0.1) is 30.1 Å². The van der Waals surface area contributed by atoms with E-state index in [1.54, 1.807) is 23.9 Å². The summed E-state index contributed by atoms with van der Waals surface area (Å²) in [7, 11) is 1.58. The Bertz CT molecular complexity index is 994. The third kappa shape index (κ3) is 3.63. The maximum atomic E-state index is 12.0. The average molecular weight is 382 g/mol. The van der Waals surface area contributed by atoms with Crippen LogP contribution in [0.4, 0.5) is 5.69 Å². The lowest BCUT2D eigenvalue weighted by Gasteiger charge is -2.32. The highest BCUT2D eigenvalue weighted by molar-refractivity contribution is 6.02. The maximum Gasteiger partial charge on any atom is 0.252 e.